The number of hydrogen-bond acceptors (Lipinski definition) is 5. The van der Waals surface area contributed by atoms with Gasteiger partial charge >= 0.3 is 0 Å². The van der Waals surface area contributed by atoms with Gasteiger partial charge in [0, 0.05) is 12.3 Å². The summed E-state index contributed by atoms with van der Waals surface area (Å²) in [4.78, 5) is 11.7. The molecular weight excluding hydrogens is 308 g/mol. The molecule has 5 fully saturated rings. The molecule has 5 aliphatic rings. The summed E-state index contributed by atoms with van der Waals surface area (Å²) in [6, 6.07) is 3.67. The van der Waals surface area contributed by atoms with Crippen molar-refractivity contribution in [2.24, 2.45) is 23.7 Å². The lowest BCUT2D eigenvalue weighted by molar-refractivity contribution is -0.566. The minimum Gasteiger partial charge on any atom is -0.473 e. The molecule has 5 heteroatoms. The fourth-order valence-electron chi connectivity index (χ4n) is 5.10. The molecule has 0 radical (unpaired) electrons. The van der Waals surface area contributed by atoms with E-state index in [1.165, 1.54) is 12.8 Å². The molecule has 2 bridgehead atoms. The first-order valence-corrected chi connectivity index (χ1v) is 9.18. The van der Waals surface area contributed by atoms with Gasteiger partial charge in [-0.15, -0.1) is 0 Å². The van der Waals surface area contributed by atoms with Gasteiger partial charge in [0.1, 0.15) is 0 Å². The van der Waals surface area contributed by atoms with E-state index in [1.54, 1.807) is 12.5 Å². The Hall–Kier alpha value is -0.880. The van der Waals surface area contributed by atoms with Crippen LogP contribution in [-0.4, -0.2) is 24.3 Å². The topological polar surface area (TPSA) is 50.1 Å². The third kappa shape index (κ3) is 2.53. The first-order valence-electron chi connectivity index (χ1n) is 9.18. The van der Waals surface area contributed by atoms with Crippen molar-refractivity contribution in [1.29, 1.82) is 0 Å². The van der Waals surface area contributed by atoms with Crippen LogP contribution in [0.5, 0.6) is 0 Å². The molecule has 5 nitrogen and oxygen atoms in total. The Kier molecular flexibility index (Phi) is 4.23. The lowest BCUT2D eigenvalue weighted by Gasteiger charge is -2.58. The van der Waals surface area contributed by atoms with Gasteiger partial charge in [0.25, 0.3) is 0 Å². The summed E-state index contributed by atoms with van der Waals surface area (Å²) in [5.74, 6) is 1.53. The molecule has 134 valence electrons. The molecule has 0 aromatic carbocycles. The van der Waals surface area contributed by atoms with Crippen LogP contribution in [0.1, 0.15) is 46.5 Å². The maximum atomic E-state index is 6.16. The Balaban J connectivity index is 0.000000252. The summed E-state index contributed by atoms with van der Waals surface area (Å²) in [6.07, 6.45) is 7.49. The van der Waals surface area contributed by atoms with Gasteiger partial charge in [-0.05, 0) is 56.1 Å². The van der Waals surface area contributed by atoms with Crippen LogP contribution in [0.25, 0.3) is 0 Å². The average molecular weight is 336 g/mol. The zero-order valence-electron chi connectivity index (χ0n) is 14.8. The van der Waals surface area contributed by atoms with Crippen molar-refractivity contribution in [3.05, 3.63) is 24.7 Å². The molecule has 1 aromatic heterocycles. The minimum atomic E-state index is -0.627. The Morgan fingerprint density at radius 3 is 2.38 bits per heavy atom. The van der Waals surface area contributed by atoms with Crippen molar-refractivity contribution in [3.63, 3.8) is 0 Å². The second-order valence-corrected chi connectivity index (χ2v) is 8.01. The van der Waals surface area contributed by atoms with E-state index in [4.69, 9.17) is 19.2 Å². The number of rotatable bonds is 0. The summed E-state index contributed by atoms with van der Waals surface area (Å²) >= 11 is 0. The number of furan rings is 1. The normalized spacial score (nSPS) is 49.5. The van der Waals surface area contributed by atoms with Gasteiger partial charge in [0.15, 0.2) is 11.9 Å². The minimum absolute atomic E-state index is 0.248. The van der Waals surface area contributed by atoms with E-state index in [2.05, 4.69) is 18.3 Å². The third-order valence-corrected chi connectivity index (χ3v) is 6.40. The molecule has 6 rings (SSSR count). The van der Waals surface area contributed by atoms with E-state index in [0.29, 0.717) is 23.7 Å². The van der Waals surface area contributed by atoms with Crippen LogP contribution in [0.4, 0.5) is 0 Å². The molecule has 4 saturated heterocycles. The van der Waals surface area contributed by atoms with Gasteiger partial charge in [-0.3, -0.25) is 0 Å². The van der Waals surface area contributed by atoms with E-state index < -0.39 is 5.79 Å². The lowest BCUT2D eigenvalue weighted by atomic mass is 9.58. The van der Waals surface area contributed by atoms with Crippen LogP contribution >= 0.6 is 0 Å². The Bertz CT molecular complexity index is 529. The predicted octanol–water partition coefficient (Wildman–Crippen LogP) is 4.15. The quantitative estimate of drug-likeness (QED) is 0.666. The van der Waals surface area contributed by atoms with Crippen LogP contribution in [0.3, 0.4) is 0 Å². The first-order chi connectivity index (χ1) is 11.6. The Labute approximate surface area is 143 Å². The molecule has 0 N–H and O–H groups in total. The van der Waals surface area contributed by atoms with Crippen molar-refractivity contribution in [1.82, 2.24) is 0 Å². The van der Waals surface area contributed by atoms with E-state index in [-0.39, 0.29) is 11.9 Å². The van der Waals surface area contributed by atoms with Crippen molar-refractivity contribution < 1.29 is 23.7 Å². The SMILES string of the molecule is C[C@@H]1CC[C@H]2[C@@H](C)CO[C@@H]3O[C@@]4(C)CC[C@@H]1C32OO4.c1ccoc1. The van der Waals surface area contributed by atoms with Crippen LogP contribution in [0, 0.1) is 23.7 Å². The average Bonchev–Trinajstić information content (AvgIpc) is 3.07. The molecule has 5 heterocycles. The number of fused-ring (bicyclic) bond motifs is 2. The van der Waals surface area contributed by atoms with Gasteiger partial charge in [0.2, 0.25) is 5.79 Å². The van der Waals surface area contributed by atoms with Gasteiger partial charge in [-0.1, -0.05) is 13.8 Å². The van der Waals surface area contributed by atoms with Crippen molar-refractivity contribution in [2.75, 3.05) is 6.61 Å². The summed E-state index contributed by atoms with van der Waals surface area (Å²) in [6.45, 7) is 7.36. The van der Waals surface area contributed by atoms with Gasteiger partial charge in [-0.2, -0.15) is 0 Å². The zero-order chi connectivity index (χ0) is 16.8. The Morgan fingerprint density at radius 1 is 0.917 bits per heavy atom. The zero-order valence-corrected chi connectivity index (χ0v) is 14.8. The number of hydrogen-bond donors (Lipinski definition) is 0. The van der Waals surface area contributed by atoms with Crippen LogP contribution in [-0.2, 0) is 19.2 Å². The summed E-state index contributed by atoms with van der Waals surface area (Å²) in [7, 11) is 0. The van der Waals surface area contributed by atoms with Crippen LogP contribution < -0.4 is 0 Å². The molecule has 7 atom stereocenters. The largest absolute Gasteiger partial charge is 0.473 e. The van der Waals surface area contributed by atoms with Crippen molar-refractivity contribution in [2.45, 2.75) is 64.1 Å². The van der Waals surface area contributed by atoms with Crippen molar-refractivity contribution >= 4 is 0 Å². The highest BCUT2D eigenvalue weighted by Crippen LogP contribution is 2.59. The molecule has 1 aliphatic carbocycles. The molecule has 0 amide bonds. The highest BCUT2D eigenvalue weighted by molar-refractivity contribution is 5.08. The smallest absolute Gasteiger partial charge is 0.201 e. The fourth-order valence-corrected chi connectivity index (χ4v) is 5.10. The molecule has 1 spiro atoms. The molecule has 1 aromatic rings. The molecular formula is C19H28O5. The first kappa shape index (κ1) is 16.6. The second-order valence-electron chi connectivity index (χ2n) is 8.01. The molecule has 4 aliphatic heterocycles. The van der Waals surface area contributed by atoms with Crippen LogP contribution in [0.2, 0.25) is 0 Å². The fraction of sp³-hybridized carbons (Fsp3) is 0.789. The van der Waals surface area contributed by atoms with E-state index in [0.717, 1.165) is 19.4 Å². The summed E-state index contributed by atoms with van der Waals surface area (Å²) in [5, 5.41) is 0. The molecule has 1 saturated carbocycles. The maximum Gasteiger partial charge on any atom is 0.201 e. The highest BCUT2D eigenvalue weighted by Gasteiger charge is 2.67. The Morgan fingerprint density at radius 2 is 1.67 bits per heavy atom. The lowest BCUT2D eigenvalue weighted by Crippen LogP contribution is -2.68. The van der Waals surface area contributed by atoms with Gasteiger partial charge in [-0.25, -0.2) is 9.78 Å². The molecule has 24 heavy (non-hydrogen) atoms. The van der Waals surface area contributed by atoms with Gasteiger partial charge in [0.05, 0.1) is 19.1 Å². The van der Waals surface area contributed by atoms with E-state index in [9.17, 15) is 0 Å². The highest BCUT2D eigenvalue weighted by atomic mass is 17.3. The summed E-state index contributed by atoms with van der Waals surface area (Å²) < 4.78 is 16.8. The summed E-state index contributed by atoms with van der Waals surface area (Å²) in [5.41, 5.74) is -0.370. The monoisotopic (exact) mass is 336 g/mol. The predicted molar refractivity (Wildman–Crippen MR) is 86.6 cm³/mol. The standard InChI is InChI=1S/C15H24O4.C4H4O/c1-9-4-5-11-10(2)8-16-13-15(11)12(9)6-7-14(3,17-13)18-19-15;1-2-4-5-3-1/h9-13H,4-8H2,1-3H3;1-4H/t9-,10+,11+,12+,13-,14-,15?;/m1./s1. The third-order valence-electron chi connectivity index (χ3n) is 6.40. The van der Waals surface area contributed by atoms with Crippen molar-refractivity contribution in [3.8, 4) is 0 Å². The van der Waals surface area contributed by atoms with Gasteiger partial charge < -0.3 is 13.9 Å². The second kappa shape index (κ2) is 6.13. The number of ether oxygens (including phenoxy) is 2. The maximum absolute atomic E-state index is 6.16. The molecule has 1 unspecified atom stereocenters. The van der Waals surface area contributed by atoms with E-state index in [1.807, 2.05) is 19.1 Å². The van der Waals surface area contributed by atoms with Crippen LogP contribution in [0.15, 0.2) is 29.1 Å². The van der Waals surface area contributed by atoms with E-state index >= 15 is 0 Å².